The molecule has 0 atom stereocenters. The third-order valence-electron chi connectivity index (χ3n) is 3.18. The van der Waals surface area contributed by atoms with Gasteiger partial charge < -0.3 is 9.80 Å². The number of likely N-dealkylation sites (N-methyl/N-ethyl adjacent to an activating group) is 1. The zero-order valence-electron chi connectivity index (χ0n) is 11.2. The van der Waals surface area contributed by atoms with E-state index in [4.69, 9.17) is 0 Å². The lowest BCUT2D eigenvalue weighted by molar-refractivity contribution is -0.132. The molecule has 106 valence electrons. The van der Waals surface area contributed by atoms with E-state index in [2.05, 4.69) is 24.1 Å². The average Bonchev–Trinajstić information content (AvgIpc) is 2.40. The van der Waals surface area contributed by atoms with Gasteiger partial charge in [-0.1, -0.05) is 18.2 Å². The maximum Gasteiger partial charge on any atom is 0.223 e. The lowest BCUT2D eigenvalue weighted by atomic mass is 10.3. The summed E-state index contributed by atoms with van der Waals surface area (Å²) in [5, 5.41) is 0. The van der Waals surface area contributed by atoms with Gasteiger partial charge in [-0.2, -0.15) is 0 Å². The van der Waals surface area contributed by atoms with Crippen LogP contribution in [-0.2, 0) is 4.79 Å². The summed E-state index contributed by atoms with van der Waals surface area (Å²) in [5.41, 5.74) is 0. The summed E-state index contributed by atoms with van der Waals surface area (Å²) in [6.45, 7) is 3.76. The van der Waals surface area contributed by atoms with Gasteiger partial charge in [-0.25, -0.2) is 0 Å². The Morgan fingerprint density at radius 1 is 1.16 bits per heavy atom. The summed E-state index contributed by atoms with van der Waals surface area (Å²) in [7, 11) is 2.10. The van der Waals surface area contributed by atoms with Crippen LogP contribution in [0.15, 0.2) is 35.2 Å². The predicted molar refractivity (Wildman–Crippen MR) is 83.1 cm³/mol. The lowest BCUT2D eigenvalue weighted by Gasteiger charge is -2.32. The van der Waals surface area contributed by atoms with E-state index in [1.165, 1.54) is 4.90 Å². The fraction of sp³-hybridized carbons (Fsp3) is 0.500. The molecule has 1 heterocycles. The summed E-state index contributed by atoms with van der Waals surface area (Å²) in [6, 6.07) is 10.3. The summed E-state index contributed by atoms with van der Waals surface area (Å²) < 4.78 is 0. The van der Waals surface area contributed by atoms with Crippen molar-refractivity contribution in [1.29, 1.82) is 0 Å². The van der Waals surface area contributed by atoms with E-state index in [1.807, 2.05) is 23.1 Å². The first-order valence-corrected chi connectivity index (χ1v) is 7.38. The van der Waals surface area contributed by atoms with Crippen molar-refractivity contribution in [3.63, 3.8) is 0 Å². The fourth-order valence-corrected chi connectivity index (χ4v) is 2.85. The molecular weight excluding hydrogens is 280 g/mol. The van der Waals surface area contributed by atoms with Crippen LogP contribution in [0.1, 0.15) is 6.42 Å². The van der Waals surface area contributed by atoms with Gasteiger partial charge >= 0.3 is 0 Å². The number of benzene rings is 1. The molecule has 0 bridgehead atoms. The van der Waals surface area contributed by atoms with Gasteiger partial charge in [-0.15, -0.1) is 24.2 Å². The van der Waals surface area contributed by atoms with Gasteiger partial charge in [-0.05, 0) is 19.2 Å². The zero-order valence-corrected chi connectivity index (χ0v) is 12.9. The van der Waals surface area contributed by atoms with Crippen LogP contribution in [0.3, 0.4) is 0 Å². The van der Waals surface area contributed by atoms with Crippen LogP contribution in [0.2, 0.25) is 0 Å². The highest BCUT2D eigenvalue weighted by atomic mass is 35.5. The third-order valence-corrected chi connectivity index (χ3v) is 4.20. The number of amides is 1. The van der Waals surface area contributed by atoms with Crippen molar-refractivity contribution in [3.05, 3.63) is 30.3 Å². The Balaban J connectivity index is 0.00000180. The van der Waals surface area contributed by atoms with E-state index in [9.17, 15) is 4.79 Å². The Labute approximate surface area is 125 Å². The minimum Gasteiger partial charge on any atom is -0.340 e. The van der Waals surface area contributed by atoms with E-state index < -0.39 is 0 Å². The topological polar surface area (TPSA) is 23.6 Å². The van der Waals surface area contributed by atoms with Crippen LogP contribution in [-0.4, -0.2) is 54.7 Å². The number of thioether (sulfide) groups is 1. The van der Waals surface area contributed by atoms with E-state index in [0.29, 0.717) is 12.3 Å². The average molecular weight is 301 g/mol. The van der Waals surface area contributed by atoms with Crippen LogP contribution < -0.4 is 0 Å². The van der Waals surface area contributed by atoms with Crippen LogP contribution in [0.25, 0.3) is 0 Å². The normalized spacial score (nSPS) is 15.9. The highest BCUT2D eigenvalue weighted by molar-refractivity contribution is 7.99. The highest BCUT2D eigenvalue weighted by Gasteiger charge is 2.18. The van der Waals surface area contributed by atoms with Crippen LogP contribution in [0, 0.1) is 0 Å². The van der Waals surface area contributed by atoms with Gasteiger partial charge in [0.2, 0.25) is 5.91 Å². The quantitative estimate of drug-likeness (QED) is 0.798. The predicted octanol–water partition coefficient (Wildman–Crippen LogP) is 2.36. The van der Waals surface area contributed by atoms with Gasteiger partial charge in [0.1, 0.15) is 0 Å². The van der Waals surface area contributed by atoms with Crippen molar-refractivity contribution in [2.24, 2.45) is 0 Å². The molecule has 2 rings (SSSR count). The van der Waals surface area contributed by atoms with Crippen molar-refractivity contribution in [2.75, 3.05) is 39.0 Å². The van der Waals surface area contributed by atoms with Crippen LogP contribution >= 0.6 is 24.2 Å². The lowest BCUT2D eigenvalue weighted by Crippen LogP contribution is -2.47. The molecule has 19 heavy (non-hydrogen) atoms. The molecule has 0 aliphatic carbocycles. The molecule has 3 nitrogen and oxygen atoms in total. The summed E-state index contributed by atoms with van der Waals surface area (Å²) in [5.74, 6) is 1.17. The molecule has 1 aliphatic heterocycles. The number of hydrogen-bond acceptors (Lipinski definition) is 3. The second kappa shape index (κ2) is 8.46. The SMILES string of the molecule is CN1CCN(C(=O)CCSc2ccccc2)CC1.Cl. The Morgan fingerprint density at radius 2 is 1.79 bits per heavy atom. The Kier molecular flexibility index (Phi) is 7.28. The smallest absolute Gasteiger partial charge is 0.223 e. The van der Waals surface area contributed by atoms with Gasteiger partial charge in [0.05, 0.1) is 0 Å². The molecule has 1 fully saturated rings. The summed E-state index contributed by atoms with van der Waals surface area (Å²) in [6.07, 6.45) is 0.642. The second-order valence-electron chi connectivity index (χ2n) is 4.60. The first kappa shape index (κ1) is 16.3. The van der Waals surface area contributed by atoms with E-state index in [0.717, 1.165) is 31.9 Å². The van der Waals surface area contributed by atoms with Crippen LogP contribution in [0.4, 0.5) is 0 Å². The molecule has 1 aromatic carbocycles. The largest absolute Gasteiger partial charge is 0.340 e. The number of hydrogen-bond donors (Lipinski definition) is 0. The van der Waals surface area contributed by atoms with Gasteiger partial charge in [0, 0.05) is 43.2 Å². The number of carbonyl (C=O) groups is 1. The summed E-state index contributed by atoms with van der Waals surface area (Å²) >= 11 is 1.76. The minimum atomic E-state index is 0. The molecule has 0 saturated carbocycles. The third kappa shape index (κ3) is 5.43. The Morgan fingerprint density at radius 3 is 2.42 bits per heavy atom. The van der Waals surface area contributed by atoms with E-state index in [-0.39, 0.29) is 12.4 Å². The fourth-order valence-electron chi connectivity index (χ4n) is 1.99. The van der Waals surface area contributed by atoms with Crippen molar-refractivity contribution in [3.8, 4) is 0 Å². The maximum absolute atomic E-state index is 12.0. The molecule has 1 aliphatic rings. The van der Waals surface area contributed by atoms with E-state index >= 15 is 0 Å². The molecule has 1 amide bonds. The maximum atomic E-state index is 12.0. The second-order valence-corrected chi connectivity index (χ2v) is 5.76. The number of halogens is 1. The Bertz CT molecular complexity index is 380. The first-order valence-electron chi connectivity index (χ1n) is 6.40. The molecule has 5 heteroatoms. The number of rotatable bonds is 4. The molecular formula is C14H21ClN2OS. The molecule has 0 spiro atoms. The Hall–Kier alpha value is -0.710. The van der Waals surface area contributed by atoms with Crippen molar-refractivity contribution in [2.45, 2.75) is 11.3 Å². The molecule has 1 aromatic rings. The summed E-state index contributed by atoms with van der Waals surface area (Å²) in [4.78, 5) is 17.5. The van der Waals surface area contributed by atoms with Gasteiger partial charge in [0.15, 0.2) is 0 Å². The molecule has 0 radical (unpaired) electrons. The number of carbonyl (C=O) groups excluding carboxylic acids is 1. The van der Waals surface area contributed by atoms with Gasteiger partial charge in [-0.3, -0.25) is 4.79 Å². The first-order chi connectivity index (χ1) is 8.75. The zero-order chi connectivity index (χ0) is 12.8. The van der Waals surface area contributed by atoms with Crippen molar-refractivity contribution < 1.29 is 4.79 Å². The number of nitrogens with zero attached hydrogens (tertiary/aromatic N) is 2. The molecule has 0 unspecified atom stereocenters. The van der Waals surface area contributed by atoms with Gasteiger partial charge in [0.25, 0.3) is 0 Å². The van der Waals surface area contributed by atoms with Crippen molar-refractivity contribution in [1.82, 2.24) is 9.80 Å². The van der Waals surface area contributed by atoms with E-state index in [1.54, 1.807) is 11.8 Å². The number of piperazine rings is 1. The monoisotopic (exact) mass is 300 g/mol. The van der Waals surface area contributed by atoms with Crippen LogP contribution in [0.5, 0.6) is 0 Å². The minimum absolute atomic E-state index is 0. The molecule has 0 aromatic heterocycles. The molecule has 0 N–H and O–H groups in total. The standard InChI is InChI=1S/C14H20N2OS.ClH/c1-15-8-10-16(11-9-15)14(17)7-12-18-13-5-3-2-4-6-13;/h2-6H,7-12H2,1H3;1H. The highest BCUT2D eigenvalue weighted by Crippen LogP contribution is 2.18. The van der Waals surface area contributed by atoms with Crippen molar-refractivity contribution >= 4 is 30.1 Å². The molecule has 1 saturated heterocycles.